The van der Waals surface area contributed by atoms with Gasteiger partial charge in [0.25, 0.3) is 0 Å². The van der Waals surface area contributed by atoms with E-state index in [4.69, 9.17) is 0 Å². The van der Waals surface area contributed by atoms with Crippen molar-refractivity contribution in [1.82, 2.24) is 5.43 Å². The summed E-state index contributed by atoms with van der Waals surface area (Å²) in [5.41, 5.74) is 5.55. The quantitative estimate of drug-likeness (QED) is 0.764. The molecular weight excluding hydrogens is 196 g/mol. The molecule has 0 spiro atoms. The van der Waals surface area contributed by atoms with Crippen molar-refractivity contribution in [2.45, 2.75) is 41.0 Å². The van der Waals surface area contributed by atoms with E-state index in [2.05, 4.69) is 38.3 Å². The third-order valence-electron chi connectivity index (χ3n) is 1.81. The Balaban J connectivity index is 0. The Morgan fingerprint density at radius 3 is 1.94 bits per heavy atom. The smallest absolute Gasteiger partial charge is 0.0545 e. The molecular formula is C14H28N2. The molecule has 0 heterocycles. The number of rotatable bonds is 2. The number of hydrazine groups is 1. The van der Waals surface area contributed by atoms with E-state index < -0.39 is 0 Å². The van der Waals surface area contributed by atoms with Crippen molar-refractivity contribution in [2.75, 3.05) is 19.1 Å². The maximum Gasteiger partial charge on any atom is 0.0545 e. The molecule has 0 unspecified atom stereocenters. The number of aryl methyl sites for hydroxylation is 1. The van der Waals surface area contributed by atoms with E-state index in [1.165, 1.54) is 17.7 Å². The SMILES string of the molecule is CC.CCC.CNN(C)c1ccccc1C. The van der Waals surface area contributed by atoms with Crippen LogP contribution in [0.4, 0.5) is 5.69 Å². The molecule has 2 nitrogen and oxygen atoms in total. The molecule has 0 aliphatic carbocycles. The van der Waals surface area contributed by atoms with Gasteiger partial charge in [0.1, 0.15) is 0 Å². The lowest BCUT2D eigenvalue weighted by molar-refractivity contribution is 0.788. The molecule has 0 atom stereocenters. The topological polar surface area (TPSA) is 15.3 Å². The molecule has 1 N–H and O–H groups in total. The van der Waals surface area contributed by atoms with Crippen LogP contribution in [0.2, 0.25) is 0 Å². The molecule has 0 aromatic heterocycles. The van der Waals surface area contributed by atoms with Crippen molar-refractivity contribution in [1.29, 1.82) is 0 Å². The van der Waals surface area contributed by atoms with Gasteiger partial charge in [0, 0.05) is 14.1 Å². The van der Waals surface area contributed by atoms with Crippen molar-refractivity contribution < 1.29 is 0 Å². The molecule has 1 aromatic carbocycles. The highest BCUT2D eigenvalue weighted by molar-refractivity contribution is 5.51. The second kappa shape index (κ2) is 12.1. The van der Waals surface area contributed by atoms with Gasteiger partial charge in [-0.25, -0.2) is 5.43 Å². The normalized spacial score (nSPS) is 8.19. The van der Waals surface area contributed by atoms with Crippen LogP contribution in [0.5, 0.6) is 0 Å². The molecule has 0 saturated heterocycles. The van der Waals surface area contributed by atoms with Crippen LogP contribution in [-0.2, 0) is 0 Å². The Morgan fingerprint density at radius 2 is 1.56 bits per heavy atom. The second-order valence-electron chi connectivity index (χ2n) is 3.28. The van der Waals surface area contributed by atoms with E-state index in [-0.39, 0.29) is 0 Å². The zero-order valence-corrected chi connectivity index (χ0v) is 12.0. The van der Waals surface area contributed by atoms with Gasteiger partial charge in [-0.05, 0) is 18.6 Å². The van der Waals surface area contributed by atoms with Crippen molar-refractivity contribution in [3.05, 3.63) is 29.8 Å². The minimum atomic E-state index is 1.22. The largest absolute Gasteiger partial charge is 0.311 e. The Bertz CT molecular complexity index is 246. The Labute approximate surface area is 102 Å². The number of hydrogen-bond acceptors (Lipinski definition) is 2. The van der Waals surface area contributed by atoms with Gasteiger partial charge in [0.2, 0.25) is 0 Å². The molecule has 1 rings (SSSR count). The lowest BCUT2D eigenvalue weighted by Gasteiger charge is -2.19. The summed E-state index contributed by atoms with van der Waals surface area (Å²) in [6, 6.07) is 8.27. The average molecular weight is 224 g/mol. The molecule has 0 radical (unpaired) electrons. The molecule has 0 bridgehead atoms. The first-order valence-corrected chi connectivity index (χ1v) is 6.14. The number of para-hydroxylation sites is 1. The van der Waals surface area contributed by atoms with E-state index in [1.807, 2.05) is 45.1 Å². The fraction of sp³-hybridized carbons (Fsp3) is 0.571. The van der Waals surface area contributed by atoms with Gasteiger partial charge in [0.05, 0.1) is 5.69 Å². The van der Waals surface area contributed by atoms with Crippen molar-refractivity contribution in [3.63, 3.8) is 0 Å². The molecule has 16 heavy (non-hydrogen) atoms. The van der Waals surface area contributed by atoms with Crippen LogP contribution in [0.3, 0.4) is 0 Å². The van der Waals surface area contributed by atoms with Crippen LogP contribution in [0.15, 0.2) is 24.3 Å². The standard InChI is InChI=1S/C9H14N2.C3H8.C2H6/c1-8-6-4-5-7-9(8)11(3)10-2;1-3-2;1-2/h4-7,10H,1-3H3;3H2,1-2H3;1-2H3. The number of benzene rings is 1. The summed E-state index contributed by atoms with van der Waals surface area (Å²) in [4.78, 5) is 0. The summed E-state index contributed by atoms with van der Waals surface area (Å²) < 4.78 is 0. The van der Waals surface area contributed by atoms with E-state index >= 15 is 0 Å². The van der Waals surface area contributed by atoms with E-state index in [9.17, 15) is 0 Å². The predicted molar refractivity (Wildman–Crippen MR) is 76.0 cm³/mol. The predicted octanol–water partition coefficient (Wildman–Crippen LogP) is 4.01. The van der Waals surface area contributed by atoms with Gasteiger partial charge in [0.15, 0.2) is 0 Å². The number of nitrogens with one attached hydrogen (secondary N) is 1. The molecule has 2 heteroatoms. The van der Waals surface area contributed by atoms with E-state index in [0.717, 1.165) is 0 Å². The lowest BCUT2D eigenvalue weighted by atomic mass is 10.2. The fourth-order valence-corrected chi connectivity index (χ4v) is 1.06. The van der Waals surface area contributed by atoms with Gasteiger partial charge < -0.3 is 5.01 Å². The van der Waals surface area contributed by atoms with Crippen LogP contribution in [0.1, 0.15) is 39.7 Å². The minimum absolute atomic E-state index is 1.22. The van der Waals surface area contributed by atoms with Gasteiger partial charge in [-0.2, -0.15) is 0 Å². The third-order valence-corrected chi connectivity index (χ3v) is 1.81. The van der Waals surface area contributed by atoms with Crippen LogP contribution in [0.25, 0.3) is 0 Å². The summed E-state index contributed by atoms with van der Waals surface area (Å²) in [5.74, 6) is 0. The molecule has 94 valence electrons. The summed E-state index contributed by atoms with van der Waals surface area (Å²) in [5, 5.41) is 2.00. The van der Waals surface area contributed by atoms with Crippen LogP contribution < -0.4 is 10.4 Å². The molecule has 0 saturated carbocycles. The summed E-state index contributed by atoms with van der Waals surface area (Å²) in [6.07, 6.45) is 1.25. The molecule has 0 aliphatic heterocycles. The number of nitrogens with zero attached hydrogens (tertiary/aromatic N) is 1. The Hall–Kier alpha value is -1.02. The summed E-state index contributed by atoms with van der Waals surface area (Å²) >= 11 is 0. The summed E-state index contributed by atoms with van der Waals surface area (Å²) in [6.45, 7) is 10.4. The lowest BCUT2D eigenvalue weighted by Crippen LogP contribution is -2.30. The first-order valence-electron chi connectivity index (χ1n) is 6.14. The maximum atomic E-state index is 3.06. The van der Waals surface area contributed by atoms with Gasteiger partial charge in [-0.1, -0.05) is 52.3 Å². The first kappa shape index (κ1) is 17.4. The van der Waals surface area contributed by atoms with E-state index in [1.54, 1.807) is 0 Å². The Morgan fingerprint density at radius 1 is 1.12 bits per heavy atom. The van der Waals surface area contributed by atoms with Crippen molar-refractivity contribution in [2.24, 2.45) is 0 Å². The number of hydrogen-bond donors (Lipinski definition) is 1. The van der Waals surface area contributed by atoms with Gasteiger partial charge >= 0.3 is 0 Å². The first-order chi connectivity index (χ1) is 7.67. The van der Waals surface area contributed by atoms with E-state index in [0.29, 0.717) is 0 Å². The highest BCUT2D eigenvalue weighted by atomic mass is 15.5. The van der Waals surface area contributed by atoms with Gasteiger partial charge in [-0.3, -0.25) is 0 Å². The second-order valence-corrected chi connectivity index (χ2v) is 3.28. The van der Waals surface area contributed by atoms with Crippen LogP contribution in [-0.4, -0.2) is 14.1 Å². The highest BCUT2D eigenvalue weighted by Gasteiger charge is 1.98. The monoisotopic (exact) mass is 224 g/mol. The highest BCUT2D eigenvalue weighted by Crippen LogP contribution is 2.15. The third kappa shape index (κ3) is 7.30. The average Bonchev–Trinajstić information content (AvgIpc) is 2.32. The fourth-order valence-electron chi connectivity index (χ4n) is 1.06. The number of anilines is 1. The van der Waals surface area contributed by atoms with Crippen LogP contribution >= 0.6 is 0 Å². The zero-order valence-electron chi connectivity index (χ0n) is 12.0. The molecule has 1 aromatic rings. The molecule has 0 aliphatic rings. The maximum absolute atomic E-state index is 3.06. The van der Waals surface area contributed by atoms with Crippen molar-refractivity contribution >= 4 is 5.69 Å². The molecule has 0 fully saturated rings. The Kier molecular flexibility index (Phi) is 13.1. The van der Waals surface area contributed by atoms with Crippen molar-refractivity contribution in [3.8, 4) is 0 Å². The molecule has 0 amide bonds. The van der Waals surface area contributed by atoms with Gasteiger partial charge in [-0.15, -0.1) is 0 Å². The zero-order chi connectivity index (χ0) is 13.0. The van der Waals surface area contributed by atoms with Crippen LogP contribution in [0, 0.1) is 6.92 Å². The summed E-state index contributed by atoms with van der Waals surface area (Å²) in [7, 11) is 3.91. The minimum Gasteiger partial charge on any atom is -0.311 e.